The van der Waals surface area contributed by atoms with Crippen LogP contribution in [-0.2, 0) is 5.41 Å². The highest BCUT2D eigenvalue weighted by atomic mass is 32.1. The zero-order valence-corrected chi connectivity index (χ0v) is 35.1. The summed E-state index contributed by atoms with van der Waals surface area (Å²) in [5.74, 6) is 1.34. The fourth-order valence-corrected chi connectivity index (χ4v) is 12.7. The molecule has 2 aliphatic carbocycles. The standard InChI is InChI=1S/C57H43NO2S/c1-57(2)46-22-9-6-18-39(46)40-28-26-36(31-47(40)57)53-54-43-20-7-10-24-49(43)59-51(54)33-45-44-32-38(27-29-50(44)60-55(45)53)58(37-17-12-16-35(30-37)34-14-4-3-5-15-34)48-23-13-21-42-41-19-8-11-25-52(41)61-56(42)48/h3-5,7-8,10-17,19-21,23-33,39,46H,6,9,18,22H2,1-2H3. The minimum Gasteiger partial charge on any atom is -0.456 e. The third-order valence-electron chi connectivity index (χ3n) is 14.3. The molecule has 0 N–H and O–H groups in total. The molecule has 0 radical (unpaired) electrons. The van der Waals surface area contributed by atoms with Gasteiger partial charge in [-0.1, -0.05) is 136 Å². The van der Waals surface area contributed by atoms with Gasteiger partial charge in [0.25, 0.3) is 0 Å². The van der Waals surface area contributed by atoms with Gasteiger partial charge in [0.05, 0.1) is 10.4 Å². The molecule has 0 aliphatic heterocycles. The van der Waals surface area contributed by atoms with Crippen LogP contribution in [0.4, 0.5) is 17.1 Å². The number of nitrogens with zero attached hydrogens (tertiary/aromatic N) is 1. The van der Waals surface area contributed by atoms with Crippen LogP contribution in [0.5, 0.6) is 0 Å². The number of rotatable bonds is 5. The lowest BCUT2D eigenvalue weighted by molar-refractivity contribution is 0.233. The van der Waals surface area contributed by atoms with E-state index in [1.54, 1.807) is 5.56 Å². The van der Waals surface area contributed by atoms with Gasteiger partial charge in [-0.15, -0.1) is 11.3 Å². The first kappa shape index (κ1) is 35.2. The van der Waals surface area contributed by atoms with Gasteiger partial charge in [0.1, 0.15) is 22.3 Å². The molecule has 2 aliphatic rings. The highest BCUT2D eigenvalue weighted by Crippen LogP contribution is 2.58. The van der Waals surface area contributed by atoms with Crippen molar-refractivity contribution >= 4 is 92.4 Å². The van der Waals surface area contributed by atoms with Crippen LogP contribution in [0.3, 0.4) is 0 Å². The van der Waals surface area contributed by atoms with Crippen molar-refractivity contribution in [3.63, 3.8) is 0 Å². The summed E-state index contributed by atoms with van der Waals surface area (Å²) in [6.45, 7) is 4.97. The first-order valence-electron chi connectivity index (χ1n) is 21.8. The number of hydrogen-bond acceptors (Lipinski definition) is 4. The van der Waals surface area contributed by atoms with Crippen molar-refractivity contribution in [2.24, 2.45) is 5.92 Å². The molecule has 0 spiro atoms. The van der Waals surface area contributed by atoms with Crippen LogP contribution in [0.15, 0.2) is 173 Å². The molecule has 61 heavy (non-hydrogen) atoms. The highest BCUT2D eigenvalue weighted by molar-refractivity contribution is 7.26. The number of fused-ring (bicyclic) bond motifs is 12. The van der Waals surface area contributed by atoms with Crippen molar-refractivity contribution < 1.29 is 8.83 Å². The van der Waals surface area contributed by atoms with Gasteiger partial charge < -0.3 is 13.7 Å². The molecule has 11 aromatic rings. The van der Waals surface area contributed by atoms with Crippen LogP contribution in [0.25, 0.3) is 86.3 Å². The molecule has 0 bridgehead atoms. The van der Waals surface area contributed by atoms with Crippen LogP contribution in [0.2, 0.25) is 0 Å². The molecule has 0 amide bonds. The van der Waals surface area contributed by atoms with E-state index in [9.17, 15) is 0 Å². The van der Waals surface area contributed by atoms with E-state index in [2.05, 4.69) is 183 Å². The van der Waals surface area contributed by atoms with Gasteiger partial charge in [-0.2, -0.15) is 0 Å². The van der Waals surface area contributed by atoms with Crippen molar-refractivity contribution in [1.29, 1.82) is 0 Å². The molecule has 0 saturated heterocycles. The Hall–Kier alpha value is -6.62. The van der Waals surface area contributed by atoms with Crippen LogP contribution in [-0.4, -0.2) is 0 Å². The summed E-state index contributed by atoms with van der Waals surface area (Å²) in [5, 5.41) is 6.91. The molecule has 4 heteroatoms. The number of hydrogen-bond donors (Lipinski definition) is 0. The predicted octanol–water partition coefficient (Wildman–Crippen LogP) is 17.2. The average molecular weight is 806 g/mol. The summed E-state index contributed by atoms with van der Waals surface area (Å²) in [5.41, 5.74) is 14.7. The molecular formula is C57H43NO2S. The predicted molar refractivity (Wildman–Crippen MR) is 257 cm³/mol. The summed E-state index contributed by atoms with van der Waals surface area (Å²) in [4.78, 5) is 2.44. The third kappa shape index (κ3) is 5.22. The SMILES string of the molecule is CC1(C)c2cc(-c3c4oc5ccc(N(c6cccc(-c7ccccc7)c6)c6cccc7c6sc6ccccc67)cc5c4cc4oc5ccccc5c34)ccc2C2CCCCC21. The van der Waals surface area contributed by atoms with Crippen LogP contribution >= 0.6 is 11.3 Å². The fourth-order valence-electron chi connectivity index (χ4n) is 11.5. The summed E-state index contributed by atoms with van der Waals surface area (Å²) >= 11 is 1.86. The Kier molecular flexibility index (Phi) is 7.60. The molecule has 2 atom stereocenters. The molecule has 1 fully saturated rings. The first-order chi connectivity index (χ1) is 30.0. The van der Waals surface area contributed by atoms with Crippen LogP contribution in [0.1, 0.15) is 56.6 Å². The van der Waals surface area contributed by atoms with Crippen LogP contribution in [0, 0.1) is 5.92 Å². The van der Waals surface area contributed by atoms with Crippen molar-refractivity contribution in [2.75, 3.05) is 4.90 Å². The summed E-state index contributed by atoms with van der Waals surface area (Å²) in [7, 11) is 0. The van der Waals surface area contributed by atoms with E-state index in [-0.39, 0.29) is 5.41 Å². The van der Waals surface area contributed by atoms with Gasteiger partial charge in [-0.25, -0.2) is 0 Å². The second-order valence-electron chi connectivity index (χ2n) is 17.9. The average Bonchev–Trinajstić information content (AvgIpc) is 4.04. The van der Waals surface area contributed by atoms with E-state index < -0.39 is 0 Å². The summed E-state index contributed by atoms with van der Waals surface area (Å²) in [6.07, 6.45) is 5.27. The van der Waals surface area contributed by atoms with Gasteiger partial charge in [0.15, 0.2) is 0 Å². The summed E-state index contributed by atoms with van der Waals surface area (Å²) < 4.78 is 16.4. The number of benzene rings is 8. The molecule has 2 unspecified atom stereocenters. The van der Waals surface area contributed by atoms with Crippen molar-refractivity contribution in [1.82, 2.24) is 0 Å². The van der Waals surface area contributed by atoms with E-state index in [0.717, 1.165) is 66.5 Å². The van der Waals surface area contributed by atoms with Gasteiger partial charge in [0.2, 0.25) is 0 Å². The van der Waals surface area contributed by atoms with E-state index in [1.807, 2.05) is 11.3 Å². The van der Waals surface area contributed by atoms with Gasteiger partial charge in [-0.05, 0) is 113 Å². The maximum absolute atomic E-state index is 7.11. The molecule has 294 valence electrons. The Morgan fingerprint density at radius 1 is 0.541 bits per heavy atom. The Labute approximate surface area is 358 Å². The number of para-hydroxylation sites is 1. The minimum atomic E-state index is 0.114. The van der Waals surface area contributed by atoms with E-state index in [1.165, 1.54) is 68.1 Å². The van der Waals surface area contributed by atoms with Gasteiger partial charge in [0, 0.05) is 54.0 Å². The van der Waals surface area contributed by atoms with E-state index in [0.29, 0.717) is 11.8 Å². The largest absolute Gasteiger partial charge is 0.456 e. The van der Waals surface area contributed by atoms with Crippen molar-refractivity contribution in [2.45, 2.75) is 50.9 Å². The highest BCUT2D eigenvalue weighted by Gasteiger charge is 2.46. The van der Waals surface area contributed by atoms with E-state index in [4.69, 9.17) is 8.83 Å². The lowest BCUT2D eigenvalue weighted by Crippen LogP contribution is -2.28. The Morgan fingerprint density at radius 3 is 2.21 bits per heavy atom. The molecule has 3 heterocycles. The van der Waals surface area contributed by atoms with Gasteiger partial charge >= 0.3 is 0 Å². The molecule has 3 nitrogen and oxygen atoms in total. The van der Waals surface area contributed by atoms with Gasteiger partial charge in [-0.3, -0.25) is 0 Å². The topological polar surface area (TPSA) is 29.5 Å². The second-order valence-corrected chi connectivity index (χ2v) is 19.0. The third-order valence-corrected chi connectivity index (χ3v) is 15.5. The number of furan rings is 2. The van der Waals surface area contributed by atoms with E-state index >= 15 is 0 Å². The Morgan fingerprint density at radius 2 is 1.30 bits per heavy atom. The Balaban J connectivity index is 1.06. The van der Waals surface area contributed by atoms with Crippen molar-refractivity contribution in [3.8, 4) is 22.3 Å². The lowest BCUT2D eigenvalue weighted by Gasteiger charge is -2.34. The molecular weight excluding hydrogens is 763 g/mol. The first-order valence-corrected chi connectivity index (χ1v) is 22.6. The molecule has 13 rings (SSSR count). The maximum Gasteiger partial charge on any atom is 0.144 e. The number of thiophene rings is 1. The van der Waals surface area contributed by atoms with Crippen molar-refractivity contribution in [3.05, 3.63) is 175 Å². The second kappa shape index (κ2) is 13.2. The minimum absolute atomic E-state index is 0.114. The van der Waals surface area contributed by atoms with Crippen LogP contribution < -0.4 is 4.90 Å². The lowest BCUT2D eigenvalue weighted by atomic mass is 9.70. The molecule has 8 aromatic carbocycles. The smallest absolute Gasteiger partial charge is 0.144 e. The number of anilines is 3. The zero-order valence-electron chi connectivity index (χ0n) is 34.2. The normalized spacial score (nSPS) is 17.2. The fraction of sp³-hybridized carbons (Fsp3) is 0.158. The monoisotopic (exact) mass is 805 g/mol. The molecule has 1 saturated carbocycles. The zero-order chi connectivity index (χ0) is 40.4. The molecule has 3 aromatic heterocycles. The quantitative estimate of drug-likeness (QED) is 0.174. The Bertz CT molecular complexity index is 3550. The summed E-state index contributed by atoms with van der Waals surface area (Å²) in [6, 6.07) is 59.8. The maximum atomic E-state index is 7.11.